The standard InChI is InChI=1S/C32H38ClN5O2/c1-3-29(39)24(21-12-13-21)14-16-34-31-25-15-18-38(28-11-5-8-22-7-4-10-26(33)30(22)28)19-27(25)35-32(36-31)40-20-23-9-6-17-37(23)2/h3-5,7-8,10-11,21,23-24H,1,6,9,12-20H2,2H3,(H,34,35,36)/t23-,24?/m0/s1. The van der Waals surface area contributed by atoms with E-state index >= 15 is 0 Å². The van der Waals surface area contributed by atoms with Crippen LogP contribution in [0.1, 0.15) is 43.4 Å². The summed E-state index contributed by atoms with van der Waals surface area (Å²) in [5.74, 6) is 1.52. The topological polar surface area (TPSA) is 70.6 Å². The third kappa shape index (κ3) is 5.68. The largest absolute Gasteiger partial charge is 0.462 e. The van der Waals surface area contributed by atoms with Crippen LogP contribution in [0.5, 0.6) is 6.01 Å². The zero-order valence-electron chi connectivity index (χ0n) is 23.2. The van der Waals surface area contributed by atoms with Crippen LogP contribution in [0.4, 0.5) is 11.5 Å². The van der Waals surface area contributed by atoms with Gasteiger partial charge in [0.2, 0.25) is 0 Å². The summed E-state index contributed by atoms with van der Waals surface area (Å²) in [6, 6.07) is 13.2. The molecule has 0 bridgehead atoms. The number of allylic oxidation sites excluding steroid dienone is 1. The molecule has 3 aliphatic rings. The van der Waals surface area contributed by atoms with Crippen LogP contribution in [0.2, 0.25) is 5.02 Å². The van der Waals surface area contributed by atoms with Crippen LogP contribution >= 0.6 is 11.6 Å². The summed E-state index contributed by atoms with van der Waals surface area (Å²) in [5.41, 5.74) is 3.22. The molecule has 3 heterocycles. The highest BCUT2D eigenvalue weighted by Gasteiger charge is 2.34. The number of likely N-dealkylation sites (tertiary alicyclic amines) is 1. The van der Waals surface area contributed by atoms with Crippen LogP contribution in [0, 0.1) is 11.8 Å². The van der Waals surface area contributed by atoms with Crippen LogP contribution < -0.4 is 15.0 Å². The number of ketones is 1. The van der Waals surface area contributed by atoms with E-state index in [1.54, 1.807) is 0 Å². The molecule has 7 nitrogen and oxygen atoms in total. The summed E-state index contributed by atoms with van der Waals surface area (Å²) in [4.78, 5) is 26.9. The number of halogens is 1. The number of nitrogens with zero attached hydrogens (tertiary/aromatic N) is 4. The molecule has 0 spiro atoms. The Morgan fingerprint density at radius 3 is 2.77 bits per heavy atom. The maximum Gasteiger partial charge on any atom is 0.318 e. The number of nitrogens with one attached hydrogen (secondary N) is 1. The van der Waals surface area contributed by atoms with E-state index in [0.717, 1.165) is 83.8 Å². The number of hydrogen-bond donors (Lipinski definition) is 1. The van der Waals surface area contributed by atoms with E-state index in [4.69, 9.17) is 26.3 Å². The van der Waals surface area contributed by atoms with Gasteiger partial charge in [0.15, 0.2) is 5.78 Å². The van der Waals surface area contributed by atoms with Gasteiger partial charge >= 0.3 is 6.01 Å². The summed E-state index contributed by atoms with van der Waals surface area (Å²) in [6.45, 7) is 7.56. The molecule has 6 rings (SSSR count). The average Bonchev–Trinajstić information content (AvgIpc) is 3.73. The molecular formula is C32H38ClN5O2. The molecular weight excluding hydrogens is 522 g/mol. The minimum absolute atomic E-state index is 0.0443. The summed E-state index contributed by atoms with van der Waals surface area (Å²) < 4.78 is 6.22. The maximum atomic E-state index is 12.4. The summed E-state index contributed by atoms with van der Waals surface area (Å²) in [7, 11) is 2.15. The lowest BCUT2D eigenvalue weighted by atomic mass is 9.94. The number of carbonyl (C=O) groups excluding carboxylic acids is 1. The Balaban J connectivity index is 1.25. The number of anilines is 2. The number of ether oxygens (including phenoxy) is 1. The lowest BCUT2D eigenvalue weighted by Crippen LogP contribution is -2.33. The van der Waals surface area contributed by atoms with E-state index in [2.05, 4.69) is 53.0 Å². The van der Waals surface area contributed by atoms with Gasteiger partial charge in [0.1, 0.15) is 12.4 Å². The highest BCUT2D eigenvalue weighted by Crippen LogP contribution is 2.40. The Bertz CT molecular complexity index is 1400. The molecule has 1 saturated carbocycles. The van der Waals surface area contributed by atoms with Gasteiger partial charge in [0.25, 0.3) is 0 Å². The Labute approximate surface area is 241 Å². The molecule has 40 heavy (non-hydrogen) atoms. The third-order valence-electron chi connectivity index (χ3n) is 8.80. The Hall–Kier alpha value is -3.16. The van der Waals surface area contributed by atoms with E-state index < -0.39 is 0 Å². The molecule has 0 radical (unpaired) electrons. The van der Waals surface area contributed by atoms with Gasteiger partial charge in [0.05, 0.1) is 17.3 Å². The van der Waals surface area contributed by atoms with Crippen LogP contribution in [-0.2, 0) is 17.8 Å². The van der Waals surface area contributed by atoms with Gasteiger partial charge < -0.3 is 19.9 Å². The molecule has 1 aliphatic carbocycles. The number of carbonyl (C=O) groups is 1. The minimum atomic E-state index is 0.0443. The summed E-state index contributed by atoms with van der Waals surface area (Å²) in [6.07, 6.45) is 7.65. The first-order valence-corrected chi connectivity index (χ1v) is 14.9. The van der Waals surface area contributed by atoms with Crippen molar-refractivity contribution in [1.82, 2.24) is 14.9 Å². The van der Waals surface area contributed by atoms with Crippen molar-refractivity contribution >= 4 is 39.7 Å². The molecule has 1 saturated heterocycles. The minimum Gasteiger partial charge on any atom is -0.462 e. The van der Waals surface area contributed by atoms with Crippen molar-refractivity contribution in [1.29, 1.82) is 0 Å². The van der Waals surface area contributed by atoms with E-state index in [9.17, 15) is 4.79 Å². The number of hydrogen-bond acceptors (Lipinski definition) is 7. The van der Waals surface area contributed by atoms with E-state index in [-0.39, 0.29) is 11.7 Å². The third-order valence-corrected chi connectivity index (χ3v) is 9.11. The number of benzene rings is 2. The molecule has 1 N–H and O–H groups in total. The van der Waals surface area contributed by atoms with Crippen LogP contribution in [0.15, 0.2) is 49.1 Å². The first kappa shape index (κ1) is 27.0. The molecule has 2 fully saturated rings. The van der Waals surface area contributed by atoms with Crippen molar-refractivity contribution in [3.63, 3.8) is 0 Å². The van der Waals surface area contributed by atoms with Crippen LogP contribution in [0.3, 0.4) is 0 Å². The Morgan fingerprint density at radius 1 is 1.20 bits per heavy atom. The predicted molar refractivity (Wildman–Crippen MR) is 161 cm³/mol. The summed E-state index contributed by atoms with van der Waals surface area (Å²) in [5, 5.41) is 6.53. The first-order valence-electron chi connectivity index (χ1n) is 14.6. The Kier molecular flexibility index (Phi) is 7.94. The molecule has 0 amide bonds. The van der Waals surface area contributed by atoms with Gasteiger partial charge in [-0.2, -0.15) is 9.97 Å². The Morgan fingerprint density at radius 2 is 2.02 bits per heavy atom. The number of aromatic nitrogens is 2. The average molecular weight is 560 g/mol. The van der Waals surface area contributed by atoms with Crippen LogP contribution in [0.25, 0.3) is 10.8 Å². The second kappa shape index (κ2) is 11.8. The number of fused-ring (bicyclic) bond motifs is 2. The second-order valence-electron chi connectivity index (χ2n) is 11.4. The summed E-state index contributed by atoms with van der Waals surface area (Å²) >= 11 is 6.67. The number of likely N-dealkylation sites (N-methyl/N-ethyl adjacent to an activating group) is 1. The van der Waals surface area contributed by atoms with Crippen molar-refractivity contribution in [2.45, 2.75) is 51.1 Å². The fourth-order valence-corrected chi connectivity index (χ4v) is 6.61. The lowest BCUT2D eigenvalue weighted by molar-refractivity contribution is -0.118. The zero-order valence-corrected chi connectivity index (χ0v) is 24.0. The number of rotatable bonds is 11. The smallest absolute Gasteiger partial charge is 0.318 e. The molecule has 2 aliphatic heterocycles. The molecule has 1 unspecified atom stereocenters. The molecule has 210 valence electrons. The van der Waals surface area contributed by atoms with E-state index in [0.29, 0.717) is 37.7 Å². The normalized spacial score (nSPS) is 19.9. The zero-order chi connectivity index (χ0) is 27.6. The lowest BCUT2D eigenvalue weighted by Gasteiger charge is -2.32. The monoisotopic (exact) mass is 559 g/mol. The fourth-order valence-electron chi connectivity index (χ4n) is 6.33. The fraction of sp³-hybridized carbons (Fsp3) is 0.469. The SMILES string of the molecule is C=CC(=O)C(CCNc1nc(OC[C@@H]2CCCN2C)nc2c1CCN(c1cccc3cccc(Cl)c13)C2)C1CC1. The van der Waals surface area contributed by atoms with Crippen molar-refractivity contribution < 1.29 is 9.53 Å². The molecule has 3 aromatic rings. The molecule has 8 heteroatoms. The van der Waals surface area contributed by atoms with Gasteiger partial charge in [-0.15, -0.1) is 0 Å². The van der Waals surface area contributed by atoms with Crippen molar-refractivity contribution in [2.75, 3.05) is 43.5 Å². The van der Waals surface area contributed by atoms with Crippen LogP contribution in [-0.4, -0.2) is 60.0 Å². The highest BCUT2D eigenvalue weighted by atomic mass is 35.5. The van der Waals surface area contributed by atoms with Crippen molar-refractivity contribution in [3.8, 4) is 6.01 Å². The highest BCUT2D eigenvalue weighted by molar-refractivity contribution is 6.36. The van der Waals surface area contributed by atoms with E-state index in [1.165, 1.54) is 12.5 Å². The van der Waals surface area contributed by atoms with Gasteiger partial charge in [-0.3, -0.25) is 4.79 Å². The quantitative estimate of drug-likeness (QED) is 0.293. The van der Waals surface area contributed by atoms with Gasteiger partial charge in [0, 0.05) is 41.7 Å². The van der Waals surface area contributed by atoms with E-state index in [1.807, 2.05) is 12.1 Å². The molecule has 2 aromatic carbocycles. The van der Waals surface area contributed by atoms with Gasteiger partial charge in [-0.25, -0.2) is 0 Å². The molecule has 1 aromatic heterocycles. The van der Waals surface area contributed by atoms with Gasteiger partial charge in [-0.05, 0) is 81.6 Å². The van der Waals surface area contributed by atoms with Gasteiger partial charge in [-0.1, -0.05) is 42.4 Å². The predicted octanol–water partition coefficient (Wildman–Crippen LogP) is 5.90. The van der Waals surface area contributed by atoms with Crippen molar-refractivity contribution in [2.24, 2.45) is 11.8 Å². The second-order valence-corrected chi connectivity index (χ2v) is 11.8. The molecule has 2 atom stereocenters. The maximum absolute atomic E-state index is 12.4. The van der Waals surface area contributed by atoms with Crippen molar-refractivity contribution in [3.05, 3.63) is 65.3 Å². The first-order chi connectivity index (χ1) is 19.5.